The molecule has 0 aromatic carbocycles. The summed E-state index contributed by atoms with van der Waals surface area (Å²) >= 11 is 0. The number of ether oxygens (including phenoxy) is 2. The van der Waals surface area contributed by atoms with Crippen molar-refractivity contribution in [3.63, 3.8) is 0 Å². The summed E-state index contributed by atoms with van der Waals surface area (Å²) in [7, 11) is 1.25. The second-order valence-corrected chi connectivity index (χ2v) is 5.07. The average molecular weight is 295 g/mol. The molecular weight excluding hydrogens is 274 g/mol. The van der Waals surface area contributed by atoms with Crippen LogP contribution in [0.3, 0.4) is 0 Å². The van der Waals surface area contributed by atoms with E-state index in [2.05, 4.69) is 19.6 Å². The van der Waals surface area contributed by atoms with Gasteiger partial charge in [0.05, 0.1) is 19.5 Å². The molecule has 0 bridgehead atoms. The molecule has 0 radical (unpaired) electrons. The van der Waals surface area contributed by atoms with Gasteiger partial charge in [0.25, 0.3) is 0 Å². The summed E-state index contributed by atoms with van der Waals surface area (Å²) in [4.78, 5) is 21.5. The minimum atomic E-state index is -0.781. The third-order valence-electron chi connectivity index (χ3n) is 3.65. The van der Waals surface area contributed by atoms with Gasteiger partial charge in [0, 0.05) is 19.7 Å². The lowest BCUT2D eigenvalue weighted by Gasteiger charge is -2.31. The van der Waals surface area contributed by atoms with Crippen molar-refractivity contribution in [1.82, 2.24) is 9.97 Å². The van der Waals surface area contributed by atoms with Crippen LogP contribution in [0.15, 0.2) is 12.4 Å². The number of anilines is 1. The standard InChI is InChI=1S/C14H21N3O4/c1-20-14(19)21-12-9-15-13(16-10-12)17-6-4-11(5-7-17)3-2-8-18/h9-11,18H,2-8H2,1H3. The van der Waals surface area contributed by atoms with E-state index in [9.17, 15) is 4.79 Å². The monoisotopic (exact) mass is 295 g/mol. The fourth-order valence-electron chi connectivity index (χ4n) is 2.46. The molecule has 7 heteroatoms. The summed E-state index contributed by atoms with van der Waals surface area (Å²) in [5.74, 6) is 1.59. The minimum absolute atomic E-state index is 0.267. The zero-order valence-corrected chi connectivity index (χ0v) is 12.2. The molecule has 7 nitrogen and oxygen atoms in total. The SMILES string of the molecule is COC(=O)Oc1cnc(N2CCC(CCCO)CC2)nc1. The molecule has 0 spiro atoms. The first kappa shape index (κ1) is 15.5. The fraction of sp³-hybridized carbons (Fsp3) is 0.643. The summed E-state index contributed by atoms with van der Waals surface area (Å²) in [5, 5.41) is 8.86. The number of rotatable bonds is 5. The number of hydrogen-bond acceptors (Lipinski definition) is 7. The van der Waals surface area contributed by atoms with Gasteiger partial charge in [0.1, 0.15) is 0 Å². The molecule has 1 aromatic rings. The van der Waals surface area contributed by atoms with E-state index in [1.807, 2.05) is 0 Å². The largest absolute Gasteiger partial charge is 0.513 e. The minimum Gasteiger partial charge on any atom is -0.437 e. The van der Waals surface area contributed by atoms with Crippen molar-refractivity contribution in [3.05, 3.63) is 12.4 Å². The summed E-state index contributed by atoms with van der Waals surface area (Å²) < 4.78 is 9.24. The van der Waals surface area contributed by atoms with Gasteiger partial charge >= 0.3 is 6.16 Å². The number of aliphatic hydroxyl groups is 1. The number of aliphatic hydroxyl groups excluding tert-OH is 1. The van der Waals surface area contributed by atoms with E-state index in [0.717, 1.165) is 38.8 Å². The molecule has 0 saturated carbocycles. The number of aromatic nitrogens is 2. The van der Waals surface area contributed by atoms with Gasteiger partial charge < -0.3 is 19.5 Å². The predicted molar refractivity (Wildman–Crippen MR) is 76.3 cm³/mol. The van der Waals surface area contributed by atoms with Crippen molar-refractivity contribution >= 4 is 12.1 Å². The van der Waals surface area contributed by atoms with Crippen LogP contribution in [0.4, 0.5) is 10.7 Å². The Hall–Kier alpha value is -1.89. The molecule has 0 amide bonds. The quantitative estimate of drug-likeness (QED) is 0.826. The van der Waals surface area contributed by atoms with Crippen molar-refractivity contribution in [3.8, 4) is 5.75 Å². The molecule has 1 N–H and O–H groups in total. The highest BCUT2D eigenvalue weighted by Gasteiger charge is 2.20. The van der Waals surface area contributed by atoms with Crippen LogP contribution in [0.2, 0.25) is 0 Å². The van der Waals surface area contributed by atoms with Crippen LogP contribution in [0.5, 0.6) is 5.75 Å². The van der Waals surface area contributed by atoms with E-state index in [1.165, 1.54) is 19.5 Å². The van der Waals surface area contributed by atoms with Gasteiger partial charge in [-0.2, -0.15) is 0 Å². The van der Waals surface area contributed by atoms with Crippen LogP contribution in [0.25, 0.3) is 0 Å². The Balaban J connectivity index is 1.84. The number of nitrogens with zero attached hydrogens (tertiary/aromatic N) is 3. The molecule has 21 heavy (non-hydrogen) atoms. The highest BCUT2D eigenvalue weighted by atomic mass is 16.7. The number of hydrogen-bond donors (Lipinski definition) is 1. The maximum atomic E-state index is 11.0. The third kappa shape index (κ3) is 4.56. The lowest BCUT2D eigenvalue weighted by atomic mass is 9.92. The summed E-state index contributed by atoms with van der Waals surface area (Å²) in [6.45, 7) is 2.09. The van der Waals surface area contributed by atoms with Gasteiger partial charge in [-0.1, -0.05) is 0 Å². The number of piperidine rings is 1. The van der Waals surface area contributed by atoms with E-state index in [4.69, 9.17) is 9.84 Å². The second kappa shape index (κ2) is 7.78. The van der Waals surface area contributed by atoms with Gasteiger partial charge in [-0.3, -0.25) is 0 Å². The molecule has 1 fully saturated rings. The van der Waals surface area contributed by atoms with Gasteiger partial charge in [-0.25, -0.2) is 14.8 Å². The first-order valence-electron chi connectivity index (χ1n) is 7.16. The summed E-state index contributed by atoms with van der Waals surface area (Å²) in [6.07, 6.45) is 6.29. The van der Waals surface area contributed by atoms with Crippen molar-refractivity contribution in [2.45, 2.75) is 25.7 Å². The molecule has 0 unspecified atom stereocenters. The van der Waals surface area contributed by atoms with E-state index in [1.54, 1.807) is 0 Å². The lowest BCUT2D eigenvalue weighted by molar-refractivity contribution is 0.121. The molecule has 1 saturated heterocycles. The van der Waals surface area contributed by atoms with Crippen molar-refractivity contribution in [2.75, 3.05) is 31.7 Å². The van der Waals surface area contributed by atoms with Crippen LogP contribution >= 0.6 is 0 Å². The zero-order chi connectivity index (χ0) is 15.1. The van der Waals surface area contributed by atoms with E-state index in [-0.39, 0.29) is 12.4 Å². The van der Waals surface area contributed by atoms with Crippen molar-refractivity contribution in [1.29, 1.82) is 0 Å². The average Bonchev–Trinajstić information content (AvgIpc) is 2.54. The molecule has 1 aromatic heterocycles. The first-order valence-corrected chi connectivity index (χ1v) is 7.16. The normalized spacial score (nSPS) is 15.8. The lowest BCUT2D eigenvalue weighted by Crippen LogP contribution is -2.34. The van der Waals surface area contributed by atoms with Crippen LogP contribution in [-0.4, -0.2) is 48.0 Å². The highest BCUT2D eigenvalue weighted by molar-refractivity contribution is 5.63. The maximum Gasteiger partial charge on any atom is 0.513 e. The molecule has 1 aliphatic heterocycles. The van der Waals surface area contributed by atoms with Crippen molar-refractivity contribution < 1.29 is 19.4 Å². The Labute approximate surface area is 123 Å². The Kier molecular flexibility index (Phi) is 5.74. The first-order chi connectivity index (χ1) is 10.2. The van der Waals surface area contributed by atoms with Gasteiger partial charge in [0.15, 0.2) is 5.75 Å². The van der Waals surface area contributed by atoms with E-state index in [0.29, 0.717) is 11.9 Å². The highest BCUT2D eigenvalue weighted by Crippen LogP contribution is 2.24. The Morgan fingerprint density at radius 3 is 2.62 bits per heavy atom. The molecular formula is C14H21N3O4. The summed E-state index contributed by atoms with van der Waals surface area (Å²) in [5.41, 5.74) is 0. The Morgan fingerprint density at radius 2 is 2.05 bits per heavy atom. The number of carbonyl (C=O) groups excluding carboxylic acids is 1. The second-order valence-electron chi connectivity index (χ2n) is 5.07. The molecule has 0 atom stereocenters. The van der Waals surface area contributed by atoms with E-state index < -0.39 is 6.16 Å². The van der Waals surface area contributed by atoms with Gasteiger partial charge in [-0.15, -0.1) is 0 Å². The Bertz CT molecular complexity index is 444. The van der Waals surface area contributed by atoms with Crippen LogP contribution in [0, 0.1) is 5.92 Å². The van der Waals surface area contributed by atoms with E-state index >= 15 is 0 Å². The van der Waals surface area contributed by atoms with Crippen molar-refractivity contribution in [2.24, 2.45) is 5.92 Å². The topological polar surface area (TPSA) is 84.8 Å². The Morgan fingerprint density at radius 1 is 1.38 bits per heavy atom. The third-order valence-corrected chi connectivity index (χ3v) is 3.65. The van der Waals surface area contributed by atoms with Gasteiger partial charge in [0.2, 0.25) is 5.95 Å². The van der Waals surface area contributed by atoms with Crippen LogP contribution in [0.1, 0.15) is 25.7 Å². The van der Waals surface area contributed by atoms with Crippen LogP contribution in [-0.2, 0) is 4.74 Å². The maximum absolute atomic E-state index is 11.0. The molecule has 1 aliphatic rings. The van der Waals surface area contributed by atoms with Gasteiger partial charge in [-0.05, 0) is 31.6 Å². The predicted octanol–water partition coefficient (Wildman–Crippen LogP) is 1.61. The summed E-state index contributed by atoms with van der Waals surface area (Å²) in [6, 6.07) is 0. The zero-order valence-electron chi connectivity index (χ0n) is 12.2. The van der Waals surface area contributed by atoms with Crippen LogP contribution < -0.4 is 9.64 Å². The molecule has 116 valence electrons. The molecule has 2 rings (SSSR count). The number of carbonyl (C=O) groups is 1. The smallest absolute Gasteiger partial charge is 0.437 e. The fourth-order valence-corrected chi connectivity index (χ4v) is 2.46. The number of methoxy groups -OCH3 is 1. The molecule has 2 heterocycles. The molecule has 0 aliphatic carbocycles.